The minimum atomic E-state index is -0.399. The van der Waals surface area contributed by atoms with Crippen LogP contribution in [0.1, 0.15) is 25.7 Å². The van der Waals surface area contributed by atoms with E-state index in [0.717, 1.165) is 25.7 Å². The highest BCUT2D eigenvalue weighted by atomic mass is 35.5. The Kier molecular flexibility index (Phi) is 4.42. The van der Waals surface area contributed by atoms with Gasteiger partial charge in [-0.2, -0.15) is 0 Å². The molecule has 1 aromatic rings. The molecule has 6 nitrogen and oxygen atoms in total. The second kappa shape index (κ2) is 6.06. The van der Waals surface area contributed by atoms with Gasteiger partial charge in [-0.3, -0.25) is 4.79 Å². The molecule has 1 aromatic heterocycles. The Bertz CT molecular complexity index is 463. The molecule has 0 aliphatic heterocycles. The zero-order valence-electron chi connectivity index (χ0n) is 10.8. The molecule has 1 saturated carbocycles. The number of rotatable bonds is 5. The first-order valence-electron chi connectivity index (χ1n) is 6.23. The Labute approximate surface area is 116 Å². The fourth-order valence-electron chi connectivity index (χ4n) is 2.48. The Hall–Kier alpha value is -1.56. The third-order valence-electron chi connectivity index (χ3n) is 3.31. The number of ether oxygens (including phenoxy) is 1. The molecule has 0 aromatic carbocycles. The summed E-state index contributed by atoms with van der Waals surface area (Å²) in [6.07, 6.45) is 5.67. The smallest absolute Gasteiger partial charge is 0.237 e. The number of amides is 1. The van der Waals surface area contributed by atoms with Crippen molar-refractivity contribution in [1.29, 1.82) is 0 Å². The number of carbonyl (C=O) groups is 1. The molecule has 0 spiro atoms. The SMILES string of the molecule is COc1c(Cl)ncnc1N(CC(N)=O)C1CCCC1. The van der Waals surface area contributed by atoms with Crippen LogP contribution in [0.2, 0.25) is 5.15 Å². The lowest BCUT2D eigenvalue weighted by Crippen LogP contribution is -2.41. The molecule has 7 heteroatoms. The minimum absolute atomic E-state index is 0.106. The highest BCUT2D eigenvalue weighted by Crippen LogP contribution is 2.35. The minimum Gasteiger partial charge on any atom is -0.490 e. The van der Waals surface area contributed by atoms with E-state index in [0.29, 0.717) is 11.6 Å². The summed E-state index contributed by atoms with van der Waals surface area (Å²) in [5.74, 6) is 0.522. The van der Waals surface area contributed by atoms with Crippen molar-refractivity contribution >= 4 is 23.3 Å². The van der Waals surface area contributed by atoms with Gasteiger partial charge < -0.3 is 15.4 Å². The van der Waals surface area contributed by atoms with E-state index in [2.05, 4.69) is 9.97 Å². The summed E-state index contributed by atoms with van der Waals surface area (Å²) in [7, 11) is 1.51. The van der Waals surface area contributed by atoms with Gasteiger partial charge in [0.2, 0.25) is 5.91 Å². The Morgan fingerprint density at radius 1 is 1.53 bits per heavy atom. The quantitative estimate of drug-likeness (QED) is 0.826. The molecule has 1 aliphatic rings. The summed E-state index contributed by atoms with van der Waals surface area (Å²) in [5, 5.41) is 0.236. The summed E-state index contributed by atoms with van der Waals surface area (Å²) in [4.78, 5) is 21.3. The van der Waals surface area contributed by atoms with Gasteiger partial charge >= 0.3 is 0 Å². The van der Waals surface area contributed by atoms with E-state index in [9.17, 15) is 4.79 Å². The number of nitrogens with zero attached hydrogens (tertiary/aromatic N) is 3. The molecule has 1 fully saturated rings. The highest BCUT2D eigenvalue weighted by molar-refractivity contribution is 6.31. The number of methoxy groups -OCH3 is 1. The topological polar surface area (TPSA) is 81.3 Å². The predicted octanol–water partition coefficient (Wildman–Crippen LogP) is 1.37. The van der Waals surface area contributed by atoms with Gasteiger partial charge in [0, 0.05) is 6.04 Å². The van der Waals surface area contributed by atoms with Crippen molar-refractivity contribution in [2.75, 3.05) is 18.6 Å². The molecule has 104 valence electrons. The van der Waals surface area contributed by atoms with Gasteiger partial charge in [0.15, 0.2) is 16.7 Å². The van der Waals surface area contributed by atoms with Crippen LogP contribution < -0.4 is 15.4 Å². The lowest BCUT2D eigenvalue weighted by Gasteiger charge is -2.29. The van der Waals surface area contributed by atoms with E-state index in [1.165, 1.54) is 13.4 Å². The average molecular weight is 285 g/mol. The molecule has 1 heterocycles. The van der Waals surface area contributed by atoms with Gasteiger partial charge in [0.25, 0.3) is 0 Å². The van der Waals surface area contributed by atoms with Crippen LogP contribution in [0, 0.1) is 0 Å². The summed E-state index contributed by atoms with van der Waals surface area (Å²) >= 11 is 6.00. The van der Waals surface area contributed by atoms with Crippen LogP contribution in [0.3, 0.4) is 0 Å². The summed E-state index contributed by atoms with van der Waals surface area (Å²) < 4.78 is 5.25. The maximum Gasteiger partial charge on any atom is 0.237 e. The second-order valence-corrected chi connectivity index (χ2v) is 4.91. The maximum absolute atomic E-state index is 11.3. The number of carbonyl (C=O) groups excluding carboxylic acids is 1. The Morgan fingerprint density at radius 2 is 2.21 bits per heavy atom. The molecular weight excluding hydrogens is 268 g/mol. The molecule has 0 saturated heterocycles. The molecule has 0 unspecified atom stereocenters. The number of aromatic nitrogens is 2. The molecule has 1 amide bonds. The van der Waals surface area contributed by atoms with Crippen molar-refractivity contribution in [2.45, 2.75) is 31.7 Å². The van der Waals surface area contributed by atoms with Gasteiger partial charge in [0.05, 0.1) is 13.7 Å². The normalized spacial score (nSPS) is 15.5. The first-order valence-corrected chi connectivity index (χ1v) is 6.60. The van der Waals surface area contributed by atoms with Crippen LogP contribution >= 0.6 is 11.6 Å². The lowest BCUT2D eigenvalue weighted by atomic mass is 10.2. The first kappa shape index (κ1) is 13.9. The van der Waals surface area contributed by atoms with Crippen molar-refractivity contribution in [3.05, 3.63) is 11.5 Å². The predicted molar refractivity (Wildman–Crippen MR) is 72.4 cm³/mol. The van der Waals surface area contributed by atoms with Gasteiger partial charge in [-0.05, 0) is 12.8 Å². The van der Waals surface area contributed by atoms with E-state index in [-0.39, 0.29) is 17.7 Å². The van der Waals surface area contributed by atoms with Crippen LogP contribution in [0.15, 0.2) is 6.33 Å². The van der Waals surface area contributed by atoms with Crippen molar-refractivity contribution in [3.63, 3.8) is 0 Å². The van der Waals surface area contributed by atoms with Crippen molar-refractivity contribution in [2.24, 2.45) is 5.73 Å². The van der Waals surface area contributed by atoms with Crippen molar-refractivity contribution in [3.8, 4) is 5.75 Å². The molecule has 0 atom stereocenters. The third-order valence-corrected chi connectivity index (χ3v) is 3.58. The first-order chi connectivity index (χ1) is 9.13. The average Bonchev–Trinajstić information content (AvgIpc) is 2.89. The lowest BCUT2D eigenvalue weighted by molar-refractivity contribution is -0.116. The van der Waals surface area contributed by atoms with Crippen molar-refractivity contribution < 1.29 is 9.53 Å². The number of halogens is 1. The summed E-state index contributed by atoms with van der Waals surface area (Å²) in [6, 6.07) is 0.243. The van der Waals surface area contributed by atoms with E-state index in [1.807, 2.05) is 4.90 Å². The molecule has 2 rings (SSSR count). The number of primary amides is 1. The van der Waals surface area contributed by atoms with E-state index < -0.39 is 5.91 Å². The maximum atomic E-state index is 11.3. The Morgan fingerprint density at radius 3 is 2.79 bits per heavy atom. The van der Waals surface area contributed by atoms with Gasteiger partial charge in [-0.25, -0.2) is 9.97 Å². The van der Waals surface area contributed by atoms with Crippen LogP contribution in [0.25, 0.3) is 0 Å². The molecule has 0 radical (unpaired) electrons. The van der Waals surface area contributed by atoms with Crippen LogP contribution in [-0.2, 0) is 4.79 Å². The molecule has 1 aliphatic carbocycles. The third kappa shape index (κ3) is 3.07. The van der Waals surface area contributed by atoms with Crippen LogP contribution in [0.5, 0.6) is 5.75 Å². The van der Waals surface area contributed by atoms with Crippen LogP contribution in [0.4, 0.5) is 5.82 Å². The zero-order chi connectivity index (χ0) is 13.8. The molecule has 0 bridgehead atoms. The van der Waals surface area contributed by atoms with Crippen molar-refractivity contribution in [1.82, 2.24) is 9.97 Å². The molecule has 19 heavy (non-hydrogen) atoms. The molecular formula is C12H17ClN4O2. The fourth-order valence-corrected chi connectivity index (χ4v) is 2.69. The van der Waals surface area contributed by atoms with E-state index in [4.69, 9.17) is 22.1 Å². The number of hydrogen-bond donors (Lipinski definition) is 1. The van der Waals surface area contributed by atoms with Gasteiger partial charge in [0.1, 0.15) is 6.33 Å². The summed E-state index contributed by atoms with van der Waals surface area (Å²) in [6.45, 7) is 0.106. The fraction of sp³-hybridized carbons (Fsp3) is 0.583. The zero-order valence-corrected chi connectivity index (χ0v) is 11.6. The van der Waals surface area contributed by atoms with Crippen LogP contribution in [-0.4, -0.2) is 35.6 Å². The van der Waals surface area contributed by atoms with Gasteiger partial charge in [-0.15, -0.1) is 0 Å². The second-order valence-electron chi connectivity index (χ2n) is 4.55. The summed E-state index contributed by atoms with van der Waals surface area (Å²) in [5.41, 5.74) is 5.33. The monoisotopic (exact) mass is 284 g/mol. The Balaban J connectivity index is 2.36. The standard InChI is InChI=1S/C12H17ClN4O2/c1-19-10-11(13)15-7-16-12(10)17(6-9(14)18)8-4-2-3-5-8/h7-8H,2-6H2,1H3,(H2,14,18). The number of hydrogen-bond acceptors (Lipinski definition) is 5. The van der Waals surface area contributed by atoms with Gasteiger partial charge in [-0.1, -0.05) is 24.4 Å². The molecule has 2 N–H and O–H groups in total. The largest absolute Gasteiger partial charge is 0.490 e. The highest BCUT2D eigenvalue weighted by Gasteiger charge is 2.28. The number of nitrogens with two attached hydrogens (primary N) is 1. The van der Waals surface area contributed by atoms with E-state index >= 15 is 0 Å². The van der Waals surface area contributed by atoms with E-state index in [1.54, 1.807) is 0 Å². The number of anilines is 1.